The molecule has 2 atom stereocenters. The van der Waals surface area contributed by atoms with Crippen LogP contribution >= 0.6 is 0 Å². The molecule has 0 heterocycles. The van der Waals surface area contributed by atoms with E-state index in [0.29, 0.717) is 24.9 Å². The quantitative estimate of drug-likeness (QED) is 0.687. The number of carboxylic acids is 1. The van der Waals surface area contributed by atoms with Gasteiger partial charge in [0.15, 0.2) is 0 Å². The van der Waals surface area contributed by atoms with Gasteiger partial charge in [0.1, 0.15) is 0 Å². The molecule has 0 aromatic carbocycles. The Morgan fingerprint density at radius 3 is 2.60 bits per heavy atom. The Morgan fingerprint density at radius 1 is 1.40 bits per heavy atom. The summed E-state index contributed by atoms with van der Waals surface area (Å²) in [5.41, 5.74) is -0.443. The summed E-state index contributed by atoms with van der Waals surface area (Å²) in [5, 5.41) is 9.30. The molecule has 1 N–H and O–H groups in total. The van der Waals surface area contributed by atoms with E-state index < -0.39 is 11.4 Å². The second-order valence-electron chi connectivity index (χ2n) is 5.11. The highest BCUT2D eigenvalue weighted by Crippen LogP contribution is 2.61. The molecule has 0 spiro atoms. The summed E-state index contributed by atoms with van der Waals surface area (Å²) in [5.74, 6) is 0.828. The van der Waals surface area contributed by atoms with Crippen LogP contribution in [0.3, 0.4) is 0 Å². The smallest absolute Gasteiger partial charge is 0.309 e. The molecule has 86 valence electrons. The lowest BCUT2D eigenvalue weighted by atomic mass is 9.80. The fraction of sp³-hybridized carbons (Fsp3) is 0.917. The van der Waals surface area contributed by atoms with Crippen molar-refractivity contribution in [3.8, 4) is 0 Å². The summed E-state index contributed by atoms with van der Waals surface area (Å²) < 4.78 is 5.41. The first kappa shape index (κ1) is 10.9. The van der Waals surface area contributed by atoms with Crippen molar-refractivity contribution in [2.75, 3.05) is 13.2 Å². The maximum atomic E-state index is 11.3. The Hall–Kier alpha value is -0.570. The van der Waals surface area contributed by atoms with Crippen LogP contribution in [0.25, 0.3) is 0 Å². The third kappa shape index (κ3) is 2.17. The van der Waals surface area contributed by atoms with Crippen molar-refractivity contribution >= 4 is 5.97 Å². The summed E-state index contributed by atoms with van der Waals surface area (Å²) in [4.78, 5) is 11.3. The minimum Gasteiger partial charge on any atom is -0.481 e. The predicted molar refractivity (Wildman–Crippen MR) is 56.6 cm³/mol. The van der Waals surface area contributed by atoms with Crippen LogP contribution in [-0.2, 0) is 9.53 Å². The van der Waals surface area contributed by atoms with Crippen LogP contribution in [-0.4, -0.2) is 24.3 Å². The fourth-order valence-corrected chi connectivity index (χ4v) is 2.90. The molecule has 0 radical (unpaired) electrons. The number of rotatable bonds is 6. The van der Waals surface area contributed by atoms with Crippen molar-refractivity contribution in [1.29, 1.82) is 0 Å². The van der Waals surface area contributed by atoms with Crippen molar-refractivity contribution in [3.63, 3.8) is 0 Å². The van der Waals surface area contributed by atoms with Gasteiger partial charge in [-0.15, -0.1) is 0 Å². The summed E-state index contributed by atoms with van der Waals surface area (Å²) in [7, 11) is 0. The highest BCUT2D eigenvalue weighted by molar-refractivity contribution is 5.75. The minimum atomic E-state index is -0.602. The molecule has 2 fully saturated rings. The van der Waals surface area contributed by atoms with Crippen molar-refractivity contribution < 1.29 is 14.6 Å². The molecule has 15 heavy (non-hydrogen) atoms. The van der Waals surface area contributed by atoms with E-state index >= 15 is 0 Å². The molecule has 2 rings (SSSR count). The molecule has 0 aromatic heterocycles. The van der Waals surface area contributed by atoms with E-state index in [4.69, 9.17) is 4.74 Å². The van der Waals surface area contributed by atoms with Crippen LogP contribution in [0.1, 0.15) is 39.0 Å². The maximum Gasteiger partial charge on any atom is 0.309 e. The van der Waals surface area contributed by atoms with Gasteiger partial charge in [0, 0.05) is 13.2 Å². The zero-order valence-electron chi connectivity index (χ0n) is 9.37. The number of ether oxygens (including phenoxy) is 1. The molecule has 3 nitrogen and oxygen atoms in total. The van der Waals surface area contributed by atoms with Crippen LogP contribution in [0.4, 0.5) is 0 Å². The van der Waals surface area contributed by atoms with Crippen LogP contribution < -0.4 is 0 Å². The number of carboxylic acid groups (broad SMARTS) is 1. The summed E-state index contributed by atoms with van der Waals surface area (Å²) >= 11 is 0. The molecule has 2 aliphatic carbocycles. The molecule has 3 heteroatoms. The number of fused-ring (bicyclic) bond motifs is 1. The molecular weight excluding hydrogens is 192 g/mol. The second kappa shape index (κ2) is 4.12. The Balaban J connectivity index is 1.82. The van der Waals surface area contributed by atoms with Crippen LogP contribution in [0.5, 0.6) is 0 Å². The van der Waals surface area contributed by atoms with Crippen LogP contribution in [0.15, 0.2) is 0 Å². The maximum absolute atomic E-state index is 11.3. The number of carbonyl (C=O) groups is 1. The lowest BCUT2D eigenvalue weighted by Gasteiger charge is -2.25. The molecule has 2 unspecified atom stereocenters. The first-order valence-corrected chi connectivity index (χ1v) is 5.99. The van der Waals surface area contributed by atoms with Gasteiger partial charge >= 0.3 is 5.97 Å². The van der Waals surface area contributed by atoms with Crippen molar-refractivity contribution in [2.24, 2.45) is 17.3 Å². The Bertz CT molecular complexity index is 239. The largest absolute Gasteiger partial charge is 0.481 e. The van der Waals surface area contributed by atoms with Gasteiger partial charge in [0.25, 0.3) is 0 Å². The van der Waals surface area contributed by atoms with Gasteiger partial charge in [-0.25, -0.2) is 0 Å². The van der Waals surface area contributed by atoms with Gasteiger partial charge in [-0.05, 0) is 43.9 Å². The van der Waals surface area contributed by atoms with E-state index in [1.807, 2.05) is 0 Å². The number of aliphatic carboxylic acids is 1. The first-order valence-electron chi connectivity index (χ1n) is 5.99. The van der Waals surface area contributed by atoms with Gasteiger partial charge in [-0.3, -0.25) is 4.79 Å². The highest BCUT2D eigenvalue weighted by Gasteiger charge is 2.57. The lowest BCUT2D eigenvalue weighted by molar-refractivity contribution is -0.150. The van der Waals surface area contributed by atoms with Gasteiger partial charge in [-0.1, -0.05) is 6.92 Å². The average molecular weight is 212 g/mol. The Morgan fingerprint density at radius 2 is 2.07 bits per heavy atom. The van der Waals surface area contributed by atoms with E-state index in [-0.39, 0.29) is 0 Å². The lowest BCUT2D eigenvalue weighted by Crippen LogP contribution is -2.31. The van der Waals surface area contributed by atoms with E-state index in [9.17, 15) is 9.90 Å². The zero-order chi connectivity index (χ0) is 10.9. The van der Waals surface area contributed by atoms with E-state index in [0.717, 1.165) is 25.9 Å². The summed E-state index contributed by atoms with van der Waals surface area (Å²) in [6.07, 6.45) is 4.76. The van der Waals surface area contributed by atoms with Gasteiger partial charge in [-0.2, -0.15) is 0 Å². The number of hydrogen-bond donors (Lipinski definition) is 1. The average Bonchev–Trinajstić information content (AvgIpc) is 2.82. The Labute approximate surface area is 90.8 Å². The third-order valence-corrected chi connectivity index (χ3v) is 3.90. The molecule has 2 saturated carbocycles. The first-order chi connectivity index (χ1) is 7.18. The Kier molecular flexibility index (Phi) is 3.01. The standard InChI is InChI=1S/C12H20O3/c1-2-4-15-5-3-12(11(13)14)7-9-6-10(9)8-12/h9-10H,2-8H2,1H3,(H,13,14). The van der Waals surface area contributed by atoms with Gasteiger partial charge in [0.2, 0.25) is 0 Å². The monoisotopic (exact) mass is 212 g/mol. The SMILES string of the molecule is CCCOCCC1(C(=O)O)CC2CC2C1. The zero-order valence-corrected chi connectivity index (χ0v) is 9.37. The molecule has 0 amide bonds. The summed E-state index contributed by atoms with van der Waals surface area (Å²) in [6.45, 7) is 3.43. The normalized spacial score (nSPS) is 37.7. The molecular formula is C12H20O3. The predicted octanol–water partition coefficient (Wildman–Crippen LogP) is 2.30. The van der Waals surface area contributed by atoms with Crippen LogP contribution in [0.2, 0.25) is 0 Å². The fourth-order valence-electron chi connectivity index (χ4n) is 2.90. The van der Waals surface area contributed by atoms with Gasteiger partial charge in [0.05, 0.1) is 5.41 Å². The molecule has 0 saturated heterocycles. The summed E-state index contributed by atoms with van der Waals surface area (Å²) in [6, 6.07) is 0. The van der Waals surface area contributed by atoms with Gasteiger partial charge < -0.3 is 9.84 Å². The molecule has 0 aromatic rings. The van der Waals surface area contributed by atoms with E-state index in [1.54, 1.807) is 0 Å². The number of hydrogen-bond acceptors (Lipinski definition) is 2. The molecule has 0 aliphatic heterocycles. The van der Waals surface area contributed by atoms with E-state index in [2.05, 4.69) is 6.92 Å². The highest BCUT2D eigenvalue weighted by atomic mass is 16.5. The van der Waals surface area contributed by atoms with Crippen molar-refractivity contribution in [1.82, 2.24) is 0 Å². The topological polar surface area (TPSA) is 46.5 Å². The molecule has 2 aliphatic rings. The molecule has 0 bridgehead atoms. The minimum absolute atomic E-state index is 0.443. The second-order valence-corrected chi connectivity index (χ2v) is 5.11. The van der Waals surface area contributed by atoms with E-state index in [1.165, 1.54) is 6.42 Å². The van der Waals surface area contributed by atoms with Crippen LogP contribution in [0, 0.1) is 17.3 Å². The third-order valence-electron chi connectivity index (χ3n) is 3.90. The van der Waals surface area contributed by atoms with Crippen molar-refractivity contribution in [2.45, 2.75) is 39.0 Å². The van der Waals surface area contributed by atoms with Crippen molar-refractivity contribution in [3.05, 3.63) is 0 Å².